The maximum atomic E-state index is 12.2. The highest BCUT2D eigenvalue weighted by molar-refractivity contribution is 7.89. The number of amides is 1. The van der Waals surface area contributed by atoms with Crippen molar-refractivity contribution in [1.29, 1.82) is 0 Å². The molecule has 1 saturated heterocycles. The van der Waals surface area contributed by atoms with Crippen LogP contribution >= 0.6 is 0 Å². The first kappa shape index (κ1) is 14.8. The van der Waals surface area contributed by atoms with E-state index in [1.165, 1.54) is 6.26 Å². The van der Waals surface area contributed by atoms with E-state index >= 15 is 0 Å². The predicted octanol–water partition coefficient (Wildman–Crippen LogP) is 1.36. The molecule has 0 bridgehead atoms. The number of carbonyl (C=O) groups is 1. The minimum Gasteiger partial charge on any atom is -0.468 e. The molecular formula is C15H16N2O4S. The second-order valence-corrected chi connectivity index (χ2v) is 6.95. The number of carbonyl (C=O) groups excluding carboxylic acids is 1. The first-order valence-corrected chi connectivity index (χ1v) is 8.41. The van der Waals surface area contributed by atoms with Crippen LogP contribution in [0.1, 0.15) is 23.7 Å². The lowest BCUT2D eigenvalue weighted by atomic mass is 9.99. The molecular weight excluding hydrogens is 304 g/mol. The molecule has 1 atom stereocenters. The Kier molecular flexibility index (Phi) is 4.00. The summed E-state index contributed by atoms with van der Waals surface area (Å²) in [7, 11) is -3.58. The van der Waals surface area contributed by atoms with Crippen LogP contribution in [0.25, 0.3) is 0 Å². The molecule has 1 amide bonds. The normalized spacial score (nSPS) is 18.4. The zero-order valence-electron chi connectivity index (χ0n) is 11.8. The predicted molar refractivity (Wildman–Crippen MR) is 79.5 cm³/mol. The van der Waals surface area contributed by atoms with Gasteiger partial charge in [-0.3, -0.25) is 4.79 Å². The highest BCUT2D eigenvalue weighted by Gasteiger charge is 2.23. The van der Waals surface area contributed by atoms with Crippen molar-refractivity contribution in [2.75, 3.05) is 6.54 Å². The number of benzene rings is 1. The maximum absolute atomic E-state index is 12.2. The van der Waals surface area contributed by atoms with Crippen LogP contribution in [0.15, 0.2) is 52.0 Å². The van der Waals surface area contributed by atoms with Crippen LogP contribution in [0.4, 0.5) is 0 Å². The summed E-state index contributed by atoms with van der Waals surface area (Å²) in [6, 6.07) is 10.0. The van der Waals surface area contributed by atoms with Crippen molar-refractivity contribution in [2.45, 2.75) is 23.8 Å². The first-order chi connectivity index (χ1) is 10.5. The molecule has 2 aromatic rings. The molecule has 0 radical (unpaired) electrons. The second kappa shape index (κ2) is 5.94. The van der Waals surface area contributed by atoms with E-state index in [9.17, 15) is 13.2 Å². The fraction of sp³-hybridized carbons (Fsp3) is 0.267. The van der Waals surface area contributed by atoms with E-state index in [-0.39, 0.29) is 23.3 Å². The average molecular weight is 320 g/mol. The molecule has 22 heavy (non-hydrogen) atoms. The molecule has 3 rings (SSSR count). The van der Waals surface area contributed by atoms with Gasteiger partial charge < -0.3 is 9.73 Å². The van der Waals surface area contributed by atoms with Crippen molar-refractivity contribution >= 4 is 15.9 Å². The van der Waals surface area contributed by atoms with Gasteiger partial charge in [-0.15, -0.1) is 0 Å². The summed E-state index contributed by atoms with van der Waals surface area (Å²) in [6.07, 6.45) is 1.94. The zero-order valence-corrected chi connectivity index (χ0v) is 12.6. The van der Waals surface area contributed by atoms with Crippen LogP contribution in [0.3, 0.4) is 0 Å². The van der Waals surface area contributed by atoms with Crippen LogP contribution in [-0.2, 0) is 21.4 Å². The number of sulfonamides is 1. The summed E-state index contributed by atoms with van der Waals surface area (Å²) >= 11 is 0. The van der Waals surface area contributed by atoms with E-state index < -0.39 is 10.0 Å². The van der Waals surface area contributed by atoms with E-state index in [0.29, 0.717) is 18.7 Å². The van der Waals surface area contributed by atoms with Crippen molar-refractivity contribution < 1.29 is 17.6 Å². The number of hydrogen-bond donors (Lipinski definition) is 2. The minimum absolute atomic E-state index is 0.0295. The van der Waals surface area contributed by atoms with Crippen molar-refractivity contribution in [3.63, 3.8) is 0 Å². The Labute approximate surface area is 128 Å². The Balaban J connectivity index is 1.70. The third-order valence-corrected chi connectivity index (χ3v) is 5.07. The van der Waals surface area contributed by atoms with Gasteiger partial charge >= 0.3 is 0 Å². The molecule has 0 spiro atoms. The molecule has 0 aliphatic carbocycles. The van der Waals surface area contributed by atoms with Gasteiger partial charge in [-0.25, -0.2) is 13.1 Å². The maximum Gasteiger partial charge on any atom is 0.240 e. The average Bonchev–Trinajstić information content (AvgIpc) is 3.17. The van der Waals surface area contributed by atoms with E-state index in [1.807, 2.05) is 0 Å². The minimum atomic E-state index is -3.58. The van der Waals surface area contributed by atoms with E-state index in [0.717, 1.165) is 5.56 Å². The Morgan fingerprint density at radius 3 is 2.59 bits per heavy atom. The van der Waals surface area contributed by atoms with Gasteiger partial charge in [-0.1, -0.05) is 12.1 Å². The van der Waals surface area contributed by atoms with Gasteiger partial charge in [-0.2, -0.15) is 0 Å². The molecule has 116 valence electrons. The Bertz CT molecular complexity index is 751. The monoisotopic (exact) mass is 320 g/mol. The quantitative estimate of drug-likeness (QED) is 0.870. The molecule has 7 heteroatoms. The zero-order chi connectivity index (χ0) is 15.6. The van der Waals surface area contributed by atoms with Gasteiger partial charge in [0.25, 0.3) is 0 Å². The van der Waals surface area contributed by atoms with Crippen molar-refractivity contribution in [3.8, 4) is 0 Å². The Hall–Kier alpha value is -2.12. The molecule has 1 aliphatic rings. The molecule has 2 N–H and O–H groups in total. The number of hydrogen-bond acceptors (Lipinski definition) is 4. The molecule has 1 aliphatic heterocycles. The second-order valence-electron chi connectivity index (χ2n) is 5.18. The Morgan fingerprint density at radius 2 is 2.00 bits per heavy atom. The van der Waals surface area contributed by atoms with Crippen molar-refractivity contribution in [3.05, 3.63) is 54.0 Å². The summed E-state index contributed by atoms with van der Waals surface area (Å²) in [5, 5.41) is 2.77. The molecule has 1 aromatic carbocycles. The van der Waals surface area contributed by atoms with Gasteiger partial charge in [-0.05, 0) is 29.8 Å². The van der Waals surface area contributed by atoms with Crippen LogP contribution in [-0.4, -0.2) is 20.9 Å². The summed E-state index contributed by atoms with van der Waals surface area (Å²) in [5.74, 6) is 0.692. The fourth-order valence-electron chi connectivity index (χ4n) is 2.42. The van der Waals surface area contributed by atoms with Crippen molar-refractivity contribution in [1.82, 2.24) is 10.0 Å². The topological polar surface area (TPSA) is 88.4 Å². The number of furan rings is 1. The Morgan fingerprint density at radius 1 is 1.23 bits per heavy atom. The van der Waals surface area contributed by atoms with Crippen molar-refractivity contribution in [2.24, 2.45) is 0 Å². The van der Waals surface area contributed by atoms with Gasteiger partial charge in [0.15, 0.2) is 0 Å². The lowest BCUT2D eigenvalue weighted by Crippen LogP contribution is -2.23. The summed E-state index contributed by atoms with van der Waals surface area (Å²) in [6.45, 7) is 0.708. The standard InChI is InChI=1S/C15H16N2O4S/c18-15-8-12(9-16-15)11-3-5-14(6-4-11)22(19,20)17-10-13-2-1-7-21-13/h1-7,12,17H,8-10H2,(H,16,18). The van der Waals surface area contributed by atoms with Crippen LogP contribution < -0.4 is 10.0 Å². The van der Waals surface area contributed by atoms with Gasteiger partial charge in [0.2, 0.25) is 15.9 Å². The lowest BCUT2D eigenvalue weighted by molar-refractivity contribution is -0.119. The number of rotatable bonds is 5. The highest BCUT2D eigenvalue weighted by Crippen LogP contribution is 2.24. The number of nitrogens with one attached hydrogen (secondary N) is 2. The third-order valence-electron chi connectivity index (χ3n) is 3.66. The van der Waals surface area contributed by atoms with E-state index in [1.54, 1.807) is 36.4 Å². The van der Waals surface area contributed by atoms with E-state index in [2.05, 4.69) is 10.0 Å². The first-order valence-electron chi connectivity index (χ1n) is 6.93. The van der Waals surface area contributed by atoms with Gasteiger partial charge in [0, 0.05) is 18.9 Å². The van der Waals surface area contributed by atoms with Crippen LogP contribution in [0.2, 0.25) is 0 Å². The molecule has 1 aromatic heterocycles. The molecule has 2 heterocycles. The molecule has 1 unspecified atom stereocenters. The summed E-state index contributed by atoms with van der Waals surface area (Å²) in [4.78, 5) is 11.4. The summed E-state index contributed by atoms with van der Waals surface area (Å²) in [5.41, 5.74) is 0.961. The third kappa shape index (κ3) is 3.20. The lowest BCUT2D eigenvalue weighted by Gasteiger charge is -2.09. The largest absolute Gasteiger partial charge is 0.468 e. The van der Waals surface area contributed by atoms with Gasteiger partial charge in [0.1, 0.15) is 5.76 Å². The van der Waals surface area contributed by atoms with Crippen LogP contribution in [0, 0.1) is 0 Å². The molecule has 1 fully saturated rings. The SMILES string of the molecule is O=C1CC(c2ccc(S(=O)(=O)NCc3ccco3)cc2)CN1. The van der Waals surface area contributed by atoms with E-state index in [4.69, 9.17) is 4.42 Å². The fourth-order valence-corrected chi connectivity index (χ4v) is 3.42. The van der Waals surface area contributed by atoms with Gasteiger partial charge in [0.05, 0.1) is 17.7 Å². The summed E-state index contributed by atoms with van der Waals surface area (Å²) < 4.78 is 32.0. The van der Waals surface area contributed by atoms with Crippen LogP contribution in [0.5, 0.6) is 0 Å². The highest BCUT2D eigenvalue weighted by atomic mass is 32.2. The smallest absolute Gasteiger partial charge is 0.240 e. The molecule has 0 saturated carbocycles. The molecule has 6 nitrogen and oxygen atoms in total.